The number of aromatic nitrogens is 4. The number of imidazole rings is 1. The summed E-state index contributed by atoms with van der Waals surface area (Å²) in [4.78, 5) is 12.5. The number of allylic oxidation sites excluding steroid dienone is 1. The molecule has 1 N–H and O–H groups in total. The minimum Gasteiger partial charge on any atom is -0.365 e. The summed E-state index contributed by atoms with van der Waals surface area (Å²) < 4.78 is 1.95. The lowest BCUT2D eigenvalue weighted by atomic mass is 10.4. The lowest BCUT2D eigenvalue weighted by molar-refractivity contribution is 0.849. The van der Waals surface area contributed by atoms with E-state index in [1.807, 2.05) is 10.6 Å². The van der Waals surface area contributed by atoms with Crippen LogP contribution in [0.1, 0.15) is 0 Å². The molecule has 0 amide bonds. The molecule has 2 heterocycles. The van der Waals surface area contributed by atoms with Crippen LogP contribution in [0.2, 0.25) is 0 Å². The van der Waals surface area contributed by atoms with Crippen LogP contribution in [-0.2, 0) is 6.54 Å². The van der Waals surface area contributed by atoms with Crippen molar-refractivity contribution in [2.45, 2.75) is 6.54 Å². The van der Waals surface area contributed by atoms with Crippen LogP contribution in [0.3, 0.4) is 0 Å². The molecule has 2 rings (SSSR count). The van der Waals surface area contributed by atoms with Crippen LogP contribution in [-0.4, -0.2) is 26.1 Å². The van der Waals surface area contributed by atoms with Crippen molar-refractivity contribution in [1.82, 2.24) is 19.5 Å². The van der Waals surface area contributed by atoms with Crippen molar-refractivity contribution < 1.29 is 0 Å². The van der Waals surface area contributed by atoms with Gasteiger partial charge in [0.2, 0.25) is 0 Å². The quantitative estimate of drug-likeness (QED) is 0.770. The Morgan fingerprint density at radius 1 is 1.25 bits per heavy atom. The highest BCUT2D eigenvalue weighted by Gasteiger charge is 2.08. The van der Waals surface area contributed by atoms with E-state index < -0.39 is 0 Å². The number of nitrogens with one attached hydrogen (secondary N) is 1. The summed E-state index contributed by atoms with van der Waals surface area (Å²) in [5, 5.41) is 3.16. The van der Waals surface area contributed by atoms with E-state index in [1.54, 1.807) is 12.4 Å². The Morgan fingerprint density at radius 3 is 2.88 bits per heavy atom. The molecule has 5 nitrogen and oxygen atoms in total. The van der Waals surface area contributed by atoms with Crippen molar-refractivity contribution in [3.05, 3.63) is 38.0 Å². The summed E-state index contributed by atoms with van der Waals surface area (Å²) in [6.45, 7) is 8.71. The Balaban J connectivity index is 2.49. The molecule has 0 aliphatic carbocycles. The Bertz CT molecular complexity index is 514. The molecule has 0 saturated heterocycles. The zero-order valence-electron chi connectivity index (χ0n) is 8.93. The van der Waals surface area contributed by atoms with Gasteiger partial charge in [0.05, 0.1) is 6.33 Å². The van der Waals surface area contributed by atoms with Gasteiger partial charge in [-0.2, -0.15) is 0 Å². The molecular weight excluding hydrogens is 202 g/mol. The molecular formula is C11H13N5. The number of hydrogen-bond donors (Lipinski definition) is 1. The number of hydrogen-bond acceptors (Lipinski definition) is 4. The normalized spacial score (nSPS) is 10.2. The number of fused-ring (bicyclic) bond motifs is 1. The van der Waals surface area contributed by atoms with E-state index in [9.17, 15) is 0 Å². The summed E-state index contributed by atoms with van der Waals surface area (Å²) >= 11 is 0. The van der Waals surface area contributed by atoms with Crippen LogP contribution < -0.4 is 5.32 Å². The molecule has 0 aromatic carbocycles. The van der Waals surface area contributed by atoms with Crippen LogP contribution in [0, 0.1) is 0 Å². The average Bonchev–Trinajstić information content (AvgIpc) is 2.71. The van der Waals surface area contributed by atoms with Gasteiger partial charge in [0.1, 0.15) is 11.8 Å². The van der Waals surface area contributed by atoms with Gasteiger partial charge < -0.3 is 9.88 Å². The molecule has 0 saturated carbocycles. The van der Waals surface area contributed by atoms with Gasteiger partial charge in [-0.25, -0.2) is 15.0 Å². The third-order valence-corrected chi connectivity index (χ3v) is 2.15. The second-order valence-electron chi connectivity index (χ2n) is 3.25. The van der Waals surface area contributed by atoms with Gasteiger partial charge in [0.15, 0.2) is 11.5 Å². The van der Waals surface area contributed by atoms with E-state index in [2.05, 4.69) is 33.4 Å². The first-order chi connectivity index (χ1) is 7.86. The predicted molar refractivity (Wildman–Crippen MR) is 64.2 cm³/mol. The lowest BCUT2D eigenvalue weighted by Gasteiger charge is -2.06. The molecule has 0 atom stereocenters. The standard InChI is InChI=1S/C11H13N5/c1-3-5-12-10-9-11(14-7-13-10)15-8-16(9)6-4-2/h3-4,7-8H,1-2,5-6H2,(H,12,13,14). The highest BCUT2D eigenvalue weighted by Crippen LogP contribution is 2.17. The number of anilines is 1. The fourth-order valence-electron chi connectivity index (χ4n) is 1.49. The maximum absolute atomic E-state index is 4.20. The van der Waals surface area contributed by atoms with Crippen LogP contribution in [0.5, 0.6) is 0 Å². The molecule has 5 heteroatoms. The molecule has 0 radical (unpaired) electrons. The molecule has 82 valence electrons. The monoisotopic (exact) mass is 215 g/mol. The lowest BCUT2D eigenvalue weighted by Crippen LogP contribution is -2.04. The largest absolute Gasteiger partial charge is 0.365 e. The summed E-state index contributed by atoms with van der Waals surface area (Å²) in [6, 6.07) is 0. The molecule has 0 unspecified atom stereocenters. The van der Waals surface area contributed by atoms with E-state index in [4.69, 9.17) is 0 Å². The topological polar surface area (TPSA) is 55.6 Å². The van der Waals surface area contributed by atoms with Crippen molar-refractivity contribution in [3.8, 4) is 0 Å². The molecule has 0 aliphatic rings. The van der Waals surface area contributed by atoms with Crippen molar-refractivity contribution in [3.63, 3.8) is 0 Å². The van der Waals surface area contributed by atoms with Crippen molar-refractivity contribution in [2.75, 3.05) is 11.9 Å². The highest BCUT2D eigenvalue weighted by molar-refractivity contribution is 5.82. The molecule has 0 aliphatic heterocycles. The third-order valence-electron chi connectivity index (χ3n) is 2.15. The summed E-state index contributed by atoms with van der Waals surface area (Å²) in [7, 11) is 0. The van der Waals surface area contributed by atoms with E-state index in [1.165, 1.54) is 6.33 Å². The number of rotatable bonds is 5. The molecule has 2 aromatic heterocycles. The van der Waals surface area contributed by atoms with Gasteiger partial charge in [-0.15, -0.1) is 13.2 Å². The van der Waals surface area contributed by atoms with Gasteiger partial charge in [-0.05, 0) is 0 Å². The highest BCUT2D eigenvalue weighted by atomic mass is 15.1. The zero-order chi connectivity index (χ0) is 11.4. The molecule has 16 heavy (non-hydrogen) atoms. The Kier molecular flexibility index (Phi) is 2.95. The summed E-state index contributed by atoms with van der Waals surface area (Å²) in [5.74, 6) is 0.768. The first-order valence-corrected chi connectivity index (χ1v) is 4.98. The minimum absolute atomic E-state index is 0.658. The fraction of sp³-hybridized carbons (Fsp3) is 0.182. The van der Waals surface area contributed by atoms with Crippen LogP contribution in [0.15, 0.2) is 38.0 Å². The number of nitrogens with zero attached hydrogens (tertiary/aromatic N) is 4. The van der Waals surface area contributed by atoms with Crippen LogP contribution >= 0.6 is 0 Å². The average molecular weight is 215 g/mol. The first-order valence-electron chi connectivity index (χ1n) is 4.98. The maximum atomic E-state index is 4.20. The van der Waals surface area contributed by atoms with Crippen LogP contribution in [0.25, 0.3) is 11.2 Å². The third kappa shape index (κ3) is 1.79. The minimum atomic E-state index is 0.658. The Morgan fingerprint density at radius 2 is 2.12 bits per heavy atom. The van der Waals surface area contributed by atoms with E-state index in [0.29, 0.717) is 18.7 Å². The van der Waals surface area contributed by atoms with Crippen molar-refractivity contribution in [2.24, 2.45) is 0 Å². The second kappa shape index (κ2) is 4.57. The first kappa shape index (κ1) is 10.4. The SMILES string of the molecule is C=CCNc1ncnc2ncn(CC=C)c12. The maximum Gasteiger partial charge on any atom is 0.182 e. The zero-order valence-corrected chi connectivity index (χ0v) is 8.93. The van der Waals surface area contributed by atoms with Crippen molar-refractivity contribution in [1.29, 1.82) is 0 Å². The Hall–Kier alpha value is -2.17. The second-order valence-corrected chi connectivity index (χ2v) is 3.25. The molecule has 0 spiro atoms. The van der Waals surface area contributed by atoms with Crippen molar-refractivity contribution >= 4 is 17.0 Å². The molecule has 0 bridgehead atoms. The van der Waals surface area contributed by atoms with Gasteiger partial charge in [-0.1, -0.05) is 12.2 Å². The van der Waals surface area contributed by atoms with Gasteiger partial charge >= 0.3 is 0 Å². The Labute approximate surface area is 93.6 Å². The van der Waals surface area contributed by atoms with E-state index in [-0.39, 0.29) is 0 Å². The van der Waals surface area contributed by atoms with Gasteiger partial charge in [-0.3, -0.25) is 0 Å². The molecule has 0 fully saturated rings. The molecule has 2 aromatic rings. The summed E-state index contributed by atoms with van der Waals surface area (Å²) in [6.07, 6.45) is 6.83. The van der Waals surface area contributed by atoms with E-state index in [0.717, 1.165) is 11.3 Å². The summed E-state index contributed by atoms with van der Waals surface area (Å²) in [5.41, 5.74) is 1.58. The van der Waals surface area contributed by atoms with Gasteiger partial charge in [0, 0.05) is 13.1 Å². The van der Waals surface area contributed by atoms with Gasteiger partial charge in [0.25, 0.3) is 0 Å². The smallest absolute Gasteiger partial charge is 0.182 e. The fourth-order valence-corrected chi connectivity index (χ4v) is 1.49. The predicted octanol–water partition coefficient (Wildman–Crippen LogP) is 1.61. The van der Waals surface area contributed by atoms with Crippen LogP contribution in [0.4, 0.5) is 5.82 Å². The van der Waals surface area contributed by atoms with E-state index >= 15 is 0 Å².